The lowest BCUT2D eigenvalue weighted by molar-refractivity contribution is -0.122. The lowest BCUT2D eigenvalue weighted by Gasteiger charge is -2.17. The Balaban J connectivity index is 1.75. The molecule has 2 aliphatic rings. The number of nitrogens with zero attached hydrogens (tertiary/aromatic N) is 1. The largest absolute Gasteiger partial charge is 0.493 e. The first-order valence-electron chi connectivity index (χ1n) is 9.40. The first-order chi connectivity index (χ1) is 13.5. The molecule has 2 fully saturated rings. The van der Waals surface area contributed by atoms with Gasteiger partial charge in [-0.2, -0.15) is 0 Å². The minimum Gasteiger partial charge on any atom is -0.493 e. The van der Waals surface area contributed by atoms with Crippen molar-refractivity contribution in [2.24, 2.45) is 5.92 Å². The van der Waals surface area contributed by atoms with E-state index < -0.39 is 0 Å². The molecule has 1 aliphatic heterocycles. The van der Waals surface area contributed by atoms with E-state index in [0.717, 1.165) is 22.4 Å². The van der Waals surface area contributed by atoms with Crippen LogP contribution in [0, 0.1) is 5.92 Å². The predicted octanol–water partition coefficient (Wildman–Crippen LogP) is 5.80. The highest BCUT2D eigenvalue weighted by atomic mass is 79.9. The molecule has 0 aromatic heterocycles. The van der Waals surface area contributed by atoms with Crippen LogP contribution in [0.3, 0.4) is 0 Å². The number of thiocarbonyl (C=S) groups is 1. The molecule has 1 aliphatic carbocycles. The quantitative estimate of drug-likeness (QED) is 0.266. The standard InChI is InChI=1S/C21H24BrNO3S2/c1-3-10-26-19-16(22)11-15(12-17(19)25-2)13-18-20(24)23(21(27)28-18)9-8-14-6-4-5-7-14/h3,11-14H,1,4-10H2,2H3/b18-13-. The summed E-state index contributed by atoms with van der Waals surface area (Å²) in [7, 11) is 1.59. The van der Waals surface area contributed by atoms with Gasteiger partial charge in [0.05, 0.1) is 16.5 Å². The molecule has 0 unspecified atom stereocenters. The Morgan fingerprint density at radius 2 is 2.14 bits per heavy atom. The molecule has 28 heavy (non-hydrogen) atoms. The molecule has 1 heterocycles. The van der Waals surface area contributed by atoms with E-state index in [1.165, 1.54) is 37.4 Å². The van der Waals surface area contributed by atoms with Gasteiger partial charge in [0.2, 0.25) is 0 Å². The maximum Gasteiger partial charge on any atom is 0.266 e. The highest BCUT2D eigenvalue weighted by molar-refractivity contribution is 9.10. The van der Waals surface area contributed by atoms with Gasteiger partial charge < -0.3 is 9.47 Å². The Hall–Kier alpha value is -1.31. The number of hydrogen-bond donors (Lipinski definition) is 0. The van der Waals surface area contributed by atoms with Crippen LogP contribution in [-0.4, -0.2) is 35.4 Å². The van der Waals surface area contributed by atoms with Gasteiger partial charge >= 0.3 is 0 Å². The second kappa shape index (κ2) is 9.94. The van der Waals surface area contributed by atoms with Crippen molar-refractivity contribution in [1.82, 2.24) is 4.90 Å². The van der Waals surface area contributed by atoms with Gasteiger partial charge in [0.1, 0.15) is 10.9 Å². The monoisotopic (exact) mass is 481 g/mol. The molecular formula is C21H24BrNO3S2. The Bertz CT molecular complexity index is 803. The van der Waals surface area contributed by atoms with Gasteiger partial charge in [0, 0.05) is 6.54 Å². The van der Waals surface area contributed by atoms with Gasteiger partial charge in [0.25, 0.3) is 5.91 Å². The minimum atomic E-state index is -0.00456. The Morgan fingerprint density at radius 1 is 1.39 bits per heavy atom. The minimum absolute atomic E-state index is 0.00456. The number of methoxy groups -OCH3 is 1. The van der Waals surface area contributed by atoms with Crippen molar-refractivity contribution in [2.45, 2.75) is 32.1 Å². The lowest BCUT2D eigenvalue weighted by atomic mass is 10.0. The summed E-state index contributed by atoms with van der Waals surface area (Å²) in [6.45, 7) is 4.76. The third-order valence-electron chi connectivity index (χ3n) is 5.00. The second-order valence-corrected chi connectivity index (χ2v) is 9.44. The first-order valence-corrected chi connectivity index (χ1v) is 11.4. The van der Waals surface area contributed by atoms with Crippen LogP contribution in [0.25, 0.3) is 6.08 Å². The van der Waals surface area contributed by atoms with Crippen LogP contribution in [0.5, 0.6) is 11.5 Å². The van der Waals surface area contributed by atoms with Gasteiger partial charge in [-0.05, 0) is 52.0 Å². The molecule has 1 aromatic carbocycles. The zero-order valence-corrected chi connectivity index (χ0v) is 19.1. The van der Waals surface area contributed by atoms with Crippen LogP contribution < -0.4 is 9.47 Å². The Morgan fingerprint density at radius 3 is 2.82 bits per heavy atom. The number of thioether (sulfide) groups is 1. The number of hydrogen-bond acceptors (Lipinski definition) is 5. The van der Waals surface area contributed by atoms with Gasteiger partial charge in [-0.15, -0.1) is 0 Å². The van der Waals surface area contributed by atoms with Crippen LogP contribution in [0.4, 0.5) is 0 Å². The molecule has 1 saturated carbocycles. The highest BCUT2D eigenvalue weighted by Crippen LogP contribution is 2.39. The number of ether oxygens (including phenoxy) is 2. The van der Waals surface area contributed by atoms with E-state index in [1.54, 1.807) is 18.1 Å². The maximum atomic E-state index is 12.8. The summed E-state index contributed by atoms with van der Waals surface area (Å²) in [6.07, 6.45) is 9.75. The molecule has 7 heteroatoms. The summed E-state index contributed by atoms with van der Waals surface area (Å²) in [5.74, 6) is 1.94. The normalized spacial score (nSPS) is 18.9. The zero-order chi connectivity index (χ0) is 20.1. The van der Waals surface area contributed by atoms with Gasteiger partial charge in [0.15, 0.2) is 11.5 Å². The van der Waals surface area contributed by atoms with Crippen molar-refractivity contribution in [3.8, 4) is 11.5 Å². The number of benzene rings is 1. The summed E-state index contributed by atoms with van der Waals surface area (Å²) in [6, 6.07) is 3.76. The molecule has 4 nitrogen and oxygen atoms in total. The zero-order valence-electron chi connectivity index (χ0n) is 15.9. The average molecular weight is 482 g/mol. The van der Waals surface area contributed by atoms with E-state index >= 15 is 0 Å². The summed E-state index contributed by atoms with van der Waals surface area (Å²) in [5.41, 5.74) is 0.853. The molecule has 0 N–H and O–H groups in total. The molecule has 1 amide bonds. The molecule has 0 radical (unpaired) electrons. The van der Waals surface area contributed by atoms with Crippen LogP contribution in [0.1, 0.15) is 37.7 Å². The molecule has 0 bridgehead atoms. The average Bonchev–Trinajstić information content (AvgIpc) is 3.28. The van der Waals surface area contributed by atoms with Crippen LogP contribution >= 0.6 is 39.9 Å². The molecular weight excluding hydrogens is 458 g/mol. The van der Waals surface area contributed by atoms with Crippen LogP contribution in [0.15, 0.2) is 34.2 Å². The van der Waals surface area contributed by atoms with E-state index in [0.29, 0.717) is 33.9 Å². The summed E-state index contributed by atoms with van der Waals surface area (Å²) in [4.78, 5) is 15.2. The number of carbonyl (C=O) groups is 1. The van der Waals surface area contributed by atoms with Crippen molar-refractivity contribution in [2.75, 3.05) is 20.3 Å². The van der Waals surface area contributed by atoms with Crippen molar-refractivity contribution in [1.29, 1.82) is 0 Å². The van der Waals surface area contributed by atoms with Gasteiger partial charge in [-0.25, -0.2) is 0 Å². The summed E-state index contributed by atoms with van der Waals surface area (Å²) in [5, 5.41) is 0. The second-order valence-electron chi connectivity index (χ2n) is 6.91. The molecule has 0 spiro atoms. The molecule has 150 valence electrons. The third-order valence-corrected chi connectivity index (χ3v) is 6.97. The number of rotatable bonds is 8. The maximum absolute atomic E-state index is 12.8. The number of halogens is 1. The fraction of sp³-hybridized carbons (Fsp3) is 0.429. The molecule has 3 rings (SSSR count). The van der Waals surface area contributed by atoms with Crippen molar-refractivity contribution >= 4 is 56.2 Å². The number of carbonyl (C=O) groups excluding carboxylic acids is 1. The summed E-state index contributed by atoms with van der Waals surface area (Å²) >= 11 is 10.3. The molecule has 0 atom stereocenters. The number of amides is 1. The fourth-order valence-electron chi connectivity index (χ4n) is 3.56. The van der Waals surface area contributed by atoms with Crippen LogP contribution in [0.2, 0.25) is 0 Å². The topological polar surface area (TPSA) is 38.8 Å². The van der Waals surface area contributed by atoms with Crippen molar-refractivity contribution in [3.05, 3.63) is 39.7 Å². The smallest absolute Gasteiger partial charge is 0.266 e. The first kappa shape index (κ1) is 21.4. The van der Waals surface area contributed by atoms with E-state index in [4.69, 9.17) is 21.7 Å². The predicted molar refractivity (Wildman–Crippen MR) is 123 cm³/mol. The Kier molecular flexibility index (Phi) is 7.60. The third kappa shape index (κ3) is 4.99. The molecule has 1 saturated heterocycles. The SMILES string of the molecule is C=CCOc1c(Br)cc(/C=C2\SC(=S)N(CCC3CCCC3)C2=O)cc1OC. The van der Waals surface area contributed by atoms with Crippen LogP contribution in [-0.2, 0) is 4.79 Å². The Labute approximate surface area is 184 Å². The molecule has 1 aromatic rings. The van der Waals surface area contributed by atoms with E-state index in [1.807, 2.05) is 18.2 Å². The summed E-state index contributed by atoms with van der Waals surface area (Å²) < 4.78 is 12.5. The van der Waals surface area contributed by atoms with Gasteiger partial charge in [-0.3, -0.25) is 9.69 Å². The van der Waals surface area contributed by atoms with E-state index in [2.05, 4.69) is 22.5 Å². The van der Waals surface area contributed by atoms with Gasteiger partial charge in [-0.1, -0.05) is 62.3 Å². The van der Waals surface area contributed by atoms with E-state index in [9.17, 15) is 4.79 Å². The van der Waals surface area contributed by atoms with E-state index in [-0.39, 0.29) is 5.91 Å². The van der Waals surface area contributed by atoms with Crippen molar-refractivity contribution in [3.63, 3.8) is 0 Å². The highest BCUT2D eigenvalue weighted by Gasteiger charge is 2.32. The van der Waals surface area contributed by atoms with Crippen molar-refractivity contribution < 1.29 is 14.3 Å². The lowest BCUT2D eigenvalue weighted by Crippen LogP contribution is -2.30. The fourth-order valence-corrected chi connectivity index (χ4v) is 5.44.